The van der Waals surface area contributed by atoms with Crippen LogP contribution in [0.4, 0.5) is 15.8 Å². The highest BCUT2D eigenvalue weighted by Gasteiger charge is 2.20. The van der Waals surface area contributed by atoms with Crippen LogP contribution in [0.25, 0.3) is 0 Å². The first-order valence-corrected chi connectivity index (χ1v) is 8.65. The van der Waals surface area contributed by atoms with Gasteiger partial charge >= 0.3 is 0 Å². The maximum Gasteiger partial charge on any atom is 0.173 e. The molecule has 1 fully saturated rings. The van der Waals surface area contributed by atoms with E-state index in [-0.39, 0.29) is 5.02 Å². The molecule has 1 N–H and O–H groups in total. The van der Waals surface area contributed by atoms with Crippen molar-refractivity contribution >= 4 is 40.3 Å². The SMILES string of the molecule is Cc1ccccc1N1CCN(C(=S)Nc2ccc(F)c(Cl)c2)CC1. The molecule has 24 heavy (non-hydrogen) atoms. The number of anilines is 2. The average Bonchev–Trinajstić information content (AvgIpc) is 2.59. The molecule has 1 aliphatic rings. The van der Waals surface area contributed by atoms with E-state index in [1.807, 2.05) is 0 Å². The van der Waals surface area contributed by atoms with Gasteiger partial charge in [-0.3, -0.25) is 0 Å². The minimum absolute atomic E-state index is 0.0900. The van der Waals surface area contributed by atoms with Gasteiger partial charge in [-0.25, -0.2) is 4.39 Å². The molecule has 1 aliphatic heterocycles. The van der Waals surface area contributed by atoms with Crippen LogP contribution in [0.1, 0.15) is 5.56 Å². The quantitative estimate of drug-likeness (QED) is 0.801. The molecule has 1 heterocycles. The Balaban J connectivity index is 1.59. The van der Waals surface area contributed by atoms with Crippen LogP contribution >= 0.6 is 23.8 Å². The van der Waals surface area contributed by atoms with Crippen molar-refractivity contribution in [3.05, 3.63) is 58.9 Å². The maximum absolute atomic E-state index is 13.2. The predicted octanol–water partition coefficient (Wildman–Crippen LogP) is 4.31. The van der Waals surface area contributed by atoms with E-state index >= 15 is 0 Å². The average molecular weight is 364 g/mol. The minimum atomic E-state index is -0.431. The summed E-state index contributed by atoms with van der Waals surface area (Å²) < 4.78 is 13.2. The number of halogens is 2. The molecular formula is C18H19ClFN3S. The first-order valence-electron chi connectivity index (χ1n) is 7.86. The topological polar surface area (TPSA) is 18.5 Å². The van der Waals surface area contributed by atoms with Gasteiger partial charge in [0.1, 0.15) is 5.82 Å². The van der Waals surface area contributed by atoms with Crippen LogP contribution in [0.2, 0.25) is 5.02 Å². The van der Waals surface area contributed by atoms with Crippen LogP contribution in [0.5, 0.6) is 0 Å². The standard InChI is InChI=1S/C18H19ClFN3S/c1-13-4-2-3-5-17(13)22-8-10-23(11-9-22)18(24)21-14-6-7-16(20)15(19)12-14/h2-7,12H,8-11H2,1H3,(H,21,24). The monoisotopic (exact) mass is 363 g/mol. The van der Waals surface area contributed by atoms with Gasteiger partial charge in [0.2, 0.25) is 0 Å². The maximum atomic E-state index is 13.2. The molecule has 0 atom stereocenters. The van der Waals surface area contributed by atoms with E-state index in [9.17, 15) is 4.39 Å². The van der Waals surface area contributed by atoms with Crippen LogP contribution in [0.3, 0.4) is 0 Å². The van der Waals surface area contributed by atoms with Crippen LogP contribution in [0, 0.1) is 12.7 Å². The van der Waals surface area contributed by atoms with Crippen molar-refractivity contribution in [3.63, 3.8) is 0 Å². The molecule has 0 saturated carbocycles. The van der Waals surface area contributed by atoms with Gasteiger partial charge < -0.3 is 15.1 Å². The highest BCUT2D eigenvalue weighted by molar-refractivity contribution is 7.80. The Morgan fingerprint density at radius 3 is 2.50 bits per heavy atom. The van der Waals surface area contributed by atoms with Gasteiger partial charge in [0.25, 0.3) is 0 Å². The highest BCUT2D eigenvalue weighted by Crippen LogP contribution is 2.22. The van der Waals surface area contributed by atoms with Crippen LogP contribution in [-0.2, 0) is 0 Å². The molecule has 0 radical (unpaired) electrons. The summed E-state index contributed by atoms with van der Waals surface area (Å²) in [5, 5.41) is 3.86. The van der Waals surface area contributed by atoms with Crippen molar-refractivity contribution in [2.24, 2.45) is 0 Å². The molecule has 0 bridgehead atoms. The predicted molar refractivity (Wildman–Crippen MR) is 103 cm³/mol. The Kier molecular flexibility index (Phi) is 5.21. The second-order valence-corrected chi connectivity index (χ2v) is 6.61. The highest BCUT2D eigenvalue weighted by atomic mass is 35.5. The van der Waals surface area contributed by atoms with Gasteiger partial charge in [0.05, 0.1) is 5.02 Å². The Morgan fingerprint density at radius 2 is 1.83 bits per heavy atom. The molecule has 0 amide bonds. The number of benzene rings is 2. The van der Waals surface area contributed by atoms with E-state index < -0.39 is 5.82 Å². The van der Waals surface area contributed by atoms with E-state index in [2.05, 4.69) is 46.3 Å². The summed E-state index contributed by atoms with van der Waals surface area (Å²) in [5.74, 6) is -0.431. The lowest BCUT2D eigenvalue weighted by molar-refractivity contribution is 0.390. The van der Waals surface area contributed by atoms with Crippen molar-refractivity contribution in [2.45, 2.75) is 6.92 Å². The summed E-state index contributed by atoms with van der Waals surface area (Å²) in [7, 11) is 0. The van der Waals surface area contributed by atoms with Crippen LogP contribution in [-0.4, -0.2) is 36.2 Å². The Bertz CT molecular complexity index is 745. The lowest BCUT2D eigenvalue weighted by Crippen LogP contribution is -2.50. The Morgan fingerprint density at radius 1 is 1.12 bits per heavy atom. The molecule has 1 saturated heterocycles. The third kappa shape index (κ3) is 3.79. The van der Waals surface area contributed by atoms with Crippen molar-refractivity contribution < 1.29 is 4.39 Å². The van der Waals surface area contributed by atoms with E-state index in [1.54, 1.807) is 12.1 Å². The fourth-order valence-corrected chi connectivity index (χ4v) is 3.33. The zero-order valence-electron chi connectivity index (χ0n) is 13.4. The molecule has 126 valence electrons. The fourth-order valence-electron chi connectivity index (χ4n) is 2.85. The fraction of sp³-hybridized carbons (Fsp3) is 0.278. The number of hydrogen-bond acceptors (Lipinski definition) is 2. The zero-order valence-corrected chi connectivity index (χ0v) is 15.0. The second kappa shape index (κ2) is 7.36. The minimum Gasteiger partial charge on any atom is -0.368 e. The number of nitrogens with zero attached hydrogens (tertiary/aromatic N) is 2. The first-order chi connectivity index (χ1) is 11.5. The summed E-state index contributed by atoms with van der Waals surface area (Å²) in [5.41, 5.74) is 3.27. The Labute approximate surface area is 152 Å². The lowest BCUT2D eigenvalue weighted by atomic mass is 10.1. The van der Waals surface area contributed by atoms with Gasteiger partial charge in [-0.1, -0.05) is 29.8 Å². The number of piperazine rings is 1. The molecule has 0 aromatic heterocycles. The summed E-state index contributed by atoms with van der Waals surface area (Å²) in [6.07, 6.45) is 0. The molecule has 0 aliphatic carbocycles. The number of para-hydroxylation sites is 1. The van der Waals surface area contributed by atoms with Crippen LogP contribution in [0.15, 0.2) is 42.5 Å². The van der Waals surface area contributed by atoms with Gasteiger partial charge in [-0.05, 0) is 49.0 Å². The molecular weight excluding hydrogens is 345 g/mol. The van der Waals surface area contributed by atoms with E-state index in [4.69, 9.17) is 23.8 Å². The second-order valence-electron chi connectivity index (χ2n) is 5.82. The van der Waals surface area contributed by atoms with Crippen LogP contribution < -0.4 is 10.2 Å². The largest absolute Gasteiger partial charge is 0.368 e. The lowest BCUT2D eigenvalue weighted by Gasteiger charge is -2.38. The number of rotatable bonds is 2. The van der Waals surface area contributed by atoms with Gasteiger partial charge in [-0.2, -0.15) is 0 Å². The summed E-state index contributed by atoms with van der Waals surface area (Å²) in [6.45, 7) is 5.64. The molecule has 6 heteroatoms. The summed E-state index contributed by atoms with van der Waals surface area (Å²) in [6, 6.07) is 12.9. The first kappa shape index (κ1) is 17.0. The molecule has 3 nitrogen and oxygen atoms in total. The number of thiocarbonyl (C=S) groups is 1. The van der Waals surface area contributed by atoms with Crippen molar-refractivity contribution in [2.75, 3.05) is 36.4 Å². The van der Waals surface area contributed by atoms with Crippen molar-refractivity contribution in [1.82, 2.24) is 4.90 Å². The Hall–Kier alpha value is -1.85. The normalized spacial score (nSPS) is 14.6. The zero-order chi connectivity index (χ0) is 17.1. The number of nitrogens with one attached hydrogen (secondary N) is 1. The van der Waals surface area contributed by atoms with Gasteiger partial charge in [0.15, 0.2) is 5.11 Å². The van der Waals surface area contributed by atoms with E-state index in [1.165, 1.54) is 17.3 Å². The number of aryl methyl sites for hydroxylation is 1. The van der Waals surface area contributed by atoms with Gasteiger partial charge in [0, 0.05) is 37.6 Å². The van der Waals surface area contributed by atoms with Crippen molar-refractivity contribution in [3.8, 4) is 0 Å². The van der Waals surface area contributed by atoms with E-state index in [0.717, 1.165) is 26.2 Å². The molecule has 0 spiro atoms. The third-order valence-electron chi connectivity index (χ3n) is 4.19. The third-order valence-corrected chi connectivity index (χ3v) is 4.84. The molecule has 2 aromatic rings. The number of hydrogen-bond donors (Lipinski definition) is 1. The molecule has 0 unspecified atom stereocenters. The van der Waals surface area contributed by atoms with Crippen molar-refractivity contribution in [1.29, 1.82) is 0 Å². The smallest absolute Gasteiger partial charge is 0.173 e. The molecule has 2 aromatic carbocycles. The van der Waals surface area contributed by atoms with Gasteiger partial charge in [-0.15, -0.1) is 0 Å². The van der Waals surface area contributed by atoms with E-state index in [0.29, 0.717) is 10.8 Å². The summed E-state index contributed by atoms with van der Waals surface area (Å²) >= 11 is 11.3. The molecule has 3 rings (SSSR count). The summed E-state index contributed by atoms with van der Waals surface area (Å²) in [4.78, 5) is 4.50.